The molecule has 0 aromatic carbocycles. The lowest BCUT2D eigenvalue weighted by Gasteiger charge is -2.34. The zero-order valence-corrected chi connectivity index (χ0v) is 14.2. The molecule has 0 bridgehead atoms. The SMILES string of the molecule is CCNCC1CCCCN1S(=O)(=O)c1sccc1Br. The first-order valence-electron chi connectivity index (χ1n) is 6.53. The van der Waals surface area contributed by atoms with Crippen molar-refractivity contribution < 1.29 is 8.42 Å². The van der Waals surface area contributed by atoms with Crippen molar-refractivity contribution in [3.63, 3.8) is 0 Å². The molecule has 0 amide bonds. The van der Waals surface area contributed by atoms with Gasteiger partial charge >= 0.3 is 0 Å². The maximum atomic E-state index is 12.7. The third kappa shape index (κ3) is 3.39. The zero-order chi connectivity index (χ0) is 13.9. The Morgan fingerprint density at radius 2 is 2.32 bits per heavy atom. The first-order valence-corrected chi connectivity index (χ1v) is 9.64. The highest BCUT2D eigenvalue weighted by molar-refractivity contribution is 9.10. The van der Waals surface area contributed by atoms with E-state index in [0.29, 0.717) is 15.2 Å². The van der Waals surface area contributed by atoms with Gasteiger partial charge in [-0.25, -0.2) is 8.42 Å². The summed E-state index contributed by atoms with van der Waals surface area (Å²) in [5.41, 5.74) is 0. The Hall–Kier alpha value is 0.0500. The topological polar surface area (TPSA) is 49.4 Å². The van der Waals surface area contributed by atoms with Crippen LogP contribution in [0.4, 0.5) is 0 Å². The van der Waals surface area contributed by atoms with Gasteiger partial charge in [-0.05, 0) is 46.8 Å². The third-order valence-electron chi connectivity index (χ3n) is 3.33. The lowest BCUT2D eigenvalue weighted by atomic mass is 10.1. The van der Waals surface area contributed by atoms with Gasteiger partial charge in [-0.15, -0.1) is 11.3 Å². The fourth-order valence-corrected chi connectivity index (χ4v) is 6.49. The largest absolute Gasteiger partial charge is 0.315 e. The van der Waals surface area contributed by atoms with E-state index < -0.39 is 10.0 Å². The summed E-state index contributed by atoms with van der Waals surface area (Å²) < 4.78 is 28.2. The molecule has 1 aliphatic rings. The molecule has 1 saturated heterocycles. The molecular formula is C12H19BrN2O2S2. The Labute approximate surface area is 127 Å². The summed E-state index contributed by atoms with van der Waals surface area (Å²) >= 11 is 4.61. The van der Waals surface area contributed by atoms with Crippen molar-refractivity contribution in [2.75, 3.05) is 19.6 Å². The Balaban J connectivity index is 2.24. The molecule has 0 aliphatic carbocycles. The smallest absolute Gasteiger partial charge is 0.253 e. The molecule has 1 atom stereocenters. The van der Waals surface area contributed by atoms with Crippen LogP contribution in [-0.2, 0) is 10.0 Å². The number of hydrogen-bond donors (Lipinski definition) is 1. The van der Waals surface area contributed by atoms with E-state index in [-0.39, 0.29) is 6.04 Å². The van der Waals surface area contributed by atoms with Crippen molar-refractivity contribution in [1.82, 2.24) is 9.62 Å². The van der Waals surface area contributed by atoms with Crippen molar-refractivity contribution >= 4 is 37.3 Å². The van der Waals surface area contributed by atoms with E-state index in [0.717, 1.165) is 32.4 Å². The van der Waals surface area contributed by atoms with Gasteiger partial charge in [0.15, 0.2) is 0 Å². The Bertz CT molecular complexity index is 516. The van der Waals surface area contributed by atoms with Crippen LogP contribution >= 0.6 is 27.3 Å². The molecule has 2 heterocycles. The molecule has 4 nitrogen and oxygen atoms in total. The monoisotopic (exact) mass is 366 g/mol. The number of likely N-dealkylation sites (N-methyl/N-ethyl adjacent to an activating group) is 1. The average molecular weight is 367 g/mol. The quantitative estimate of drug-likeness (QED) is 0.871. The predicted octanol–water partition coefficient (Wildman–Crippen LogP) is 2.66. The van der Waals surface area contributed by atoms with Gasteiger partial charge in [0.1, 0.15) is 4.21 Å². The van der Waals surface area contributed by atoms with E-state index in [1.807, 2.05) is 6.92 Å². The van der Waals surface area contributed by atoms with Crippen molar-refractivity contribution in [3.8, 4) is 0 Å². The molecule has 0 radical (unpaired) electrons. The molecule has 1 N–H and O–H groups in total. The number of nitrogens with zero attached hydrogens (tertiary/aromatic N) is 1. The highest BCUT2D eigenvalue weighted by Crippen LogP contribution is 2.33. The summed E-state index contributed by atoms with van der Waals surface area (Å²) in [6.45, 7) is 4.27. The number of rotatable bonds is 5. The van der Waals surface area contributed by atoms with Gasteiger partial charge in [-0.1, -0.05) is 13.3 Å². The third-order valence-corrected chi connectivity index (χ3v) is 7.93. The maximum absolute atomic E-state index is 12.7. The molecule has 0 saturated carbocycles. The van der Waals surface area contributed by atoms with Crippen LogP contribution in [0.2, 0.25) is 0 Å². The molecule has 19 heavy (non-hydrogen) atoms. The second kappa shape index (κ2) is 6.67. The fraction of sp³-hybridized carbons (Fsp3) is 0.667. The van der Waals surface area contributed by atoms with Crippen LogP contribution in [0.1, 0.15) is 26.2 Å². The first kappa shape index (κ1) is 15.4. The highest BCUT2D eigenvalue weighted by atomic mass is 79.9. The maximum Gasteiger partial charge on any atom is 0.253 e. The predicted molar refractivity (Wildman–Crippen MR) is 82.1 cm³/mol. The normalized spacial score (nSPS) is 21.7. The molecule has 7 heteroatoms. The van der Waals surface area contributed by atoms with Crippen molar-refractivity contribution in [1.29, 1.82) is 0 Å². The molecule has 1 aliphatic heterocycles. The van der Waals surface area contributed by atoms with E-state index in [1.54, 1.807) is 15.8 Å². The summed E-state index contributed by atoms with van der Waals surface area (Å²) in [6, 6.07) is 1.87. The van der Waals surface area contributed by atoms with Gasteiger partial charge in [0.2, 0.25) is 0 Å². The molecule has 1 fully saturated rings. The minimum absolute atomic E-state index is 0.0766. The number of piperidine rings is 1. The minimum atomic E-state index is -3.36. The summed E-state index contributed by atoms with van der Waals surface area (Å²) in [7, 11) is -3.36. The average Bonchev–Trinajstić information content (AvgIpc) is 2.83. The van der Waals surface area contributed by atoms with E-state index >= 15 is 0 Å². The van der Waals surface area contributed by atoms with Gasteiger partial charge in [0, 0.05) is 23.6 Å². The number of sulfonamides is 1. The van der Waals surface area contributed by atoms with Gasteiger partial charge < -0.3 is 5.32 Å². The van der Waals surface area contributed by atoms with Crippen molar-refractivity contribution in [2.24, 2.45) is 0 Å². The van der Waals surface area contributed by atoms with Crippen LogP contribution < -0.4 is 5.32 Å². The minimum Gasteiger partial charge on any atom is -0.315 e. The van der Waals surface area contributed by atoms with Gasteiger partial charge in [-0.2, -0.15) is 4.31 Å². The van der Waals surface area contributed by atoms with Crippen LogP contribution in [0.25, 0.3) is 0 Å². The van der Waals surface area contributed by atoms with E-state index in [9.17, 15) is 8.42 Å². The van der Waals surface area contributed by atoms with Crippen LogP contribution in [0, 0.1) is 0 Å². The summed E-state index contributed by atoms with van der Waals surface area (Å²) in [4.78, 5) is 0. The van der Waals surface area contributed by atoms with Gasteiger partial charge in [-0.3, -0.25) is 0 Å². The van der Waals surface area contributed by atoms with E-state index in [1.165, 1.54) is 11.3 Å². The molecule has 1 aromatic rings. The first-order chi connectivity index (χ1) is 9.07. The Kier molecular flexibility index (Phi) is 5.42. The van der Waals surface area contributed by atoms with E-state index in [2.05, 4.69) is 21.2 Å². The zero-order valence-electron chi connectivity index (χ0n) is 10.9. The summed E-state index contributed by atoms with van der Waals surface area (Å²) in [6.07, 6.45) is 2.99. The number of thiophene rings is 1. The van der Waals surface area contributed by atoms with E-state index in [4.69, 9.17) is 0 Å². The number of halogens is 1. The summed E-state index contributed by atoms with van der Waals surface area (Å²) in [5.74, 6) is 0. The van der Waals surface area contributed by atoms with Gasteiger partial charge in [0.05, 0.1) is 0 Å². The Morgan fingerprint density at radius 1 is 1.53 bits per heavy atom. The second-order valence-electron chi connectivity index (χ2n) is 4.63. The molecule has 1 unspecified atom stereocenters. The van der Waals surface area contributed by atoms with Crippen molar-refractivity contribution in [3.05, 3.63) is 15.9 Å². The Morgan fingerprint density at radius 3 is 2.95 bits per heavy atom. The number of hydrogen-bond acceptors (Lipinski definition) is 4. The lowest BCUT2D eigenvalue weighted by molar-refractivity contribution is 0.247. The molecule has 108 valence electrons. The lowest BCUT2D eigenvalue weighted by Crippen LogP contribution is -2.48. The molecule has 0 spiro atoms. The summed E-state index contributed by atoms with van der Waals surface area (Å²) in [5, 5.41) is 5.07. The molecular weight excluding hydrogens is 348 g/mol. The second-order valence-corrected chi connectivity index (χ2v) is 8.49. The van der Waals surface area contributed by atoms with Gasteiger partial charge in [0.25, 0.3) is 10.0 Å². The molecule has 2 rings (SSSR count). The fourth-order valence-electron chi connectivity index (χ4n) is 2.38. The van der Waals surface area contributed by atoms with Crippen LogP contribution in [0.15, 0.2) is 20.1 Å². The van der Waals surface area contributed by atoms with Crippen molar-refractivity contribution in [2.45, 2.75) is 36.4 Å². The standard InChI is InChI=1S/C12H19BrN2O2S2/c1-2-14-9-10-5-3-4-7-15(10)19(16,17)12-11(13)6-8-18-12/h6,8,10,14H,2-5,7,9H2,1H3. The van der Waals surface area contributed by atoms with Crippen LogP contribution in [-0.4, -0.2) is 38.4 Å². The van der Waals surface area contributed by atoms with Crippen LogP contribution in [0.5, 0.6) is 0 Å². The highest BCUT2D eigenvalue weighted by Gasteiger charge is 2.34. The van der Waals surface area contributed by atoms with Crippen LogP contribution in [0.3, 0.4) is 0 Å². The molecule has 1 aromatic heterocycles. The number of nitrogens with one attached hydrogen (secondary N) is 1.